The molecule has 2 unspecified atom stereocenters. The molecule has 1 aliphatic heterocycles. The molecule has 0 spiro atoms. The molecule has 2 N–H and O–H groups in total. The molecule has 0 bridgehead atoms. The van der Waals surface area contributed by atoms with Gasteiger partial charge in [0.1, 0.15) is 0 Å². The second-order valence-electron chi connectivity index (χ2n) is 5.19. The number of carbonyl (C=O) groups is 1. The fourth-order valence-corrected chi connectivity index (χ4v) is 2.15. The third-order valence-electron chi connectivity index (χ3n) is 3.48. The molecule has 112 valence electrons. The van der Waals surface area contributed by atoms with Crippen molar-refractivity contribution in [2.45, 2.75) is 38.6 Å². The van der Waals surface area contributed by atoms with E-state index >= 15 is 0 Å². The van der Waals surface area contributed by atoms with Gasteiger partial charge in [-0.25, -0.2) is 0 Å². The number of amides is 1. The molecule has 0 aromatic rings. The van der Waals surface area contributed by atoms with Crippen molar-refractivity contribution in [3.8, 4) is 0 Å². The average Bonchev–Trinajstić information content (AvgIpc) is 2.42. The van der Waals surface area contributed by atoms with E-state index in [1.165, 1.54) is 0 Å². The molecule has 1 rings (SSSR count). The van der Waals surface area contributed by atoms with Gasteiger partial charge in [-0.2, -0.15) is 0 Å². The number of carbonyl (C=O) groups excluding carboxylic acids is 1. The highest BCUT2D eigenvalue weighted by Crippen LogP contribution is 2.13. The molecule has 5 heteroatoms. The molecule has 1 aliphatic rings. The quantitative estimate of drug-likeness (QED) is 0.613. The maximum absolute atomic E-state index is 11.9. The molecule has 1 fully saturated rings. The highest BCUT2D eigenvalue weighted by atomic mass is 16.5. The standard InChI is InChI=1S/C14H28N2O3/c1-12-5-6-13(11-16-12)14(17)15-7-3-4-8-19-10-9-18-2/h12-13,16H,3-11H2,1-2H3,(H,15,17). The van der Waals surface area contributed by atoms with Gasteiger partial charge < -0.3 is 20.1 Å². The van der Waals surface area contributed by atoms with Crippen LogP contribution in [0.4, 0.5) is 0 Å². The summed E-state index contributed by atoms with van der Waals surface area (Å²) in [6, 6.07) is 0.549. The van der Waals surface area contributed by atoms with Crippen LogP contribution < -0.4 is 10.6 Å². The summed E-state index contributed by atoms with van der Waals surface area (Å²) in [5.74, 6) is 0.342. The predicted octanol–water partition coefficient (Wildman–Crippen LogP) is 0.934. The van der Waals surface area contributed by atoms with E-state index in [0.29, 0.717) is 19.3 Å². The van der Waals surface area contributed by atoms with Crippen LogP contribution in [0.2, 0.25) is 0 Å². The second-order valence-corrected chi connectivity index (χ2v) is 5.19. The third kappa shape index (κ3) is 7.50. The first kappa shape index (κ1) is 16.4. The fourth-order valence-electron chi connectivity index (χ4n) is 2.15. The van der Waals surface area contributed by atoms with Gasteiger partial charge in [-0.1, -0.05) is 0 Å². The van der Waals surface area contributed by atoms with Gasteiger partial charge in [-0.15, -0.1) is 0 Å². The lowest BCUT2D eigenvalue weighted by Crippen LogP contribution is -2.44. The molecule has 0 aliphatic carbocycles. The number of hydrogen-bond acceptors (Lipinski definition) is 4. The Balaban J connectivity index is 1.93. The SMILES string of the molecule is COCCOCCCCNC(=O)C1CCC(C)NC1. The molecule has 2 atom stereocenters. The van der Waals surface area contributed by atoms with E-state index in [-0.39, 0.29) is 11.8 Å². The van der Waals surface area contributed by atoms with Crippen LogP contribution >= 0.6 is 0 Å². The largest absolute Gasteiger partial charge is 0.382 e. The van der Waals surface area contributed by atoms with Crippen molar-refractivity contribution in [1.82, 2.24) is 10.6 Å². The average molecular weight is 272 g/mol. The number of rotatable bonds is 9. The predicted molar refractivity (Wildman–Crippen MR) is 75.1 cm³/mol. The molecular weight excluding hydrogens is 244 g/mol. The summed E-state index contributed by atoms with van der Waals surface area (Å²) in [6.45, 7) is 5.75. The summed E-state index contributed by atoms with van der Waals surface area (Å²) >= 11 is 0. The van der Waals surface area contributed by atoms with Crippen molar-refractivity contribution in [3.05, 3.63) is 0 Å². The number of nitrogens with one attached hydrogen (secondary N) is 2. The van der Waals surface area contributed by atoms with Crippen LogP contribution in [0.25, 0.3) is 0 Å². The first-order valence-electron chi connectivity index (χ1n) is 7.31. The fraction of sp³-hybridized carbons (Fsp3) is 0.929. The van der Waals surface area contributed by atoms with E-state index in [9.17, 15) is 4.79 Å². The molecular formula is C14H28N2O3. The van der Waals surface area contributed by atoms with Gasteiger partial charge in [0.25, 0.3) is 0 Å². The Hall–Kier alpha value is -0.650. The molecule has 1 saturated heterocycles. The molecule has 19 heavy (non-hydrogen) atoms. The molecule has 0 saturated carbocycles. The number of methoxy groups -OCH3 is 1. The van der Waals surface area contributed by atoms with Gasteiger partial charge in [0, 0.05) is 32.8 Å². The molecule has 5 nitrogen and oxygen atoms in total. The normalized spacial score (nSPS) is 23.3. The van der Waals surface area contributed by atoms with Crippen molar-refractivity contribution in [3.63, 3.8) is 0 Å². The highest BCUT2D eigenvalue weighted by Gasteiger charge is 2.23. The van der Waals surface area contributed by atoms with Gasteiger partial charge in [-0.3, -0.25) is 4.79 Å². The zero-order valence-electron chi connectivity index (χ0n) is 12.2. The van der Waals surface area contributed by atoms with Gasteiger partial charge in [0.2, 0.25) is 5.91 Å². The molecule has 0 radical (unpaired) electrons. The summed E-state index contributed by atoms with van der Waals surface area (Å²) in [7, 11) is 1.67. The Morgan fingerprint density at radius 3 is 2.79 bits per heavy atom. The van der Waals surface area contributed by atoms with Crippen LogP contribution in [0, 0.1) is 5.92 Å². The van der Waals surface area contributed by atoms with Crippen molar-refractivity contribution in [2.75, 3.05) is 40.0 Å². The summed E-state index contributed by atoms with van der Waals surface area (Å²) in [5.41, 5.74) is 0. The highest BCUT2D eigenvalue weighted by molar-refractivity contribution is 5.78. The summed E-state index contributed by atoms with van der Waals surface area (Å²) < 4.78 is 10.2. The number of hydrogen-bond donors (Lipinski definition) is 2. The lowest BCUT2D eigenvalue weighted by atomic mass is 9.95. The van der Waals surface area contributed by atoms with Gasteiger partial charge in [-0.05, 0) is 32.6 Å². The topological polar surface area (TPSA) is 59.6 Å². The van der Waals surface area contributed by atoms with Crippen LogP contribution in [0.5, 0.6) is 0 Å². The molecule has 0 aromatic carbocycles. The summed E-state index contributed by atoms with van der Waals surface area (Å²) in [5, 5.41) is 6.36. The van der Waals surface area contributed by atoms with Crippen LogP contribution in [-0.4, -0.2) is 52.0 Å². The van der Waals surface area contributed by atoms with E-state index in [1.807, 2.05) is 0 Å². The van der Waals surface area contributed by atoms with E-state index in [2.05, 4.69) is 17.6 Å². The third-order valence-corrected chi connectivity index (χ3v) is 3.48. The minimum atomic E-state index is 0.147. The van der Waals surface area contributed by atoms with Gasteiger partial charge in [0.05, 0.1) is 19.1 Å². The Labute approximate surface area is 116 Å². The van der Waals surface area contributed by atoms with Gasteiger partial charge in [0.15, 0.2) is 0 Å². The Morgan fingerprint density at radius 2 is 2.11 bits per heavy atom. The van der Waals surface area contributed by atoms with Crippen molar-refractivity contribution >= 4 is 5.91 Å². The van der Waals surface area contributed by atoms with E-state index in [4.69, 9.17) is 9.47 Å². The van der Waals surface area contributed by atoms with Crippen molar-refractivity contribution in [1.29, 1.82) is 0 Å². The van der Waals surface area contributed by atoms with Crippen LogP contribution in [0.15, 0.2) is 0 Å². The Kier molecular flexibility index (Phi) is 8.79. The van der Waals surface area contributed by atoms with E-state index < -0.39 is 0 Å². The summed E-state index contributed by atoms with van der Waals surface area (Å²) in [4.78, 5) is 11.9. The Bertz CT molecular complexity index is 241. The van der Waals surface area contributed by atoms with E-state index in [0.717, 1.165) is 45.4 Å². The minimum absolute atomic E-state index is 0.147. The maximum atomic E-state index is 11.9. The minimum Gasteiger partial charge on any atom is -0.382 e. The number of ether oxygens (including phenoxy) is 2. The maximum Gasteiger partial charge on any atom is 0.224 e. The van der Waals surface area contributed by atoms with Crippen molar-refractivity contribution < 1.29 is 14.3 Å². The van der Waals surface area contributed by atoms with Crippen LogP contribution in [-0.2, 0) is 14.3 Å². The lowest BCUT2D eigenvalue weighted by Gasteiger charge is -2.26. The molecule has 0 aromatic heterocycles. The first-order valence-corrected chi connectivity index (χ1v) is 7.31. The van der Waals surface area contributed by atoms with Crippen LogP contribution in [0.3, 0.4) is 0 Å². The Morgan fingerprint density at radius 1 is 1.26 bits per heavy atom. The lowest BCUT2D eigenvalue weighted by molar-refractivity contribution is -0.125. The van der Waals surface area contributed by atoms with E-state index in [1.54, 1.807) is 7.11 Å². The second kappa shape index (κ2) is 10.2. The zero-order chi connectivity index (χ0) is 13.9. The zero-order valence-corrected chi connectivity index (χ0v) is 12.2. The number of piperidine rings is 1. The first-order chi connectivity index (χ1) is 9.24. The van der Waals surface area contributed by atoms with Crippen molar-refractivity contribution in [2.24, 2.45) is 5.92 Å². The molecule has 1 heterocycles. The smallest absolute Gasteiger partial charge is 0.224 e. The van der Waals surface area contributed by atoms with Crippen LogP contribution in [0.1, 0.15) is 32.6 Å². The summed E-state index contributed by atoms with van der Waals surface area (Å²) in [6.07, 6.45) is 4.03. The number of unbranched alkanes of at least 4 members (excludes halogenated alkanes) is 1. The monoisotopic (exact) mass is 272 g/mol. The van der Waals surface area contributed by atoms with Gasteiger partial charge >= 0.3 is 0 Å². The molecule has 1 amide bonds.